The molecule has 0 spiro atoms. The molecule has 1 fully saturated rings. The molecule has 0 atom stereocenters. The Kier molecular flexibility index (Phi) is 5.91. The Balaban J connectivity index is 0.000000386. The van der Waals surface area contributed by atoms with Gasteiger partial charge in [0, 0.05) is 19.3 Å². The highest BCUT2D eigenvalue weighted by Crippen LogP contribution is 2.20. The number of aromatic nitrogens is 1. The van der Waals surface area contributed by atoms with Crippen LogP contribution in [0.2, 0.25) is 0 Å². The van der Waals surface area contributed by atoms with Gasteiger partial charge in [-0.2, -0.15) is 0 Å². The Labute approximate surface area is 99.7 Å². The maximum absolute atomic E-state index is 4.35. The second kappa shape index (κ2) is 7.26. The van der Waals surface area contributed by atoms with Crippen LogP contribution in [-0.2, 0) is 0 Å². The molecule has 2 rings (SSSR count). The fraction of sp³-hybridized carbons (Fsp3) is 0.643. The van der Waals surface area contributed by atoms with Gasteiger partial charge in [-0.15, -0.1) is 0 Å². The molecule has 0 amide bonds. The molecule has 0 unspecified atom stereocenters. The van der Waals surface area contributed by atoms with Crippen LogP contribution in [0.5, 0.6) is 0 Å². The lowest BCUT2D eigenvalue weighted by Crippen LogP contribution is -2.33. The van der Waals surface area contributed by atoms with Gasteiger partial charge >= 0.3 is 0 Å². The largest absolute Gasteiger partial charge is 0.357 e. The first-order valence-electron chi connectivity index (χ1n) is 6.43. The van der Waals surface area contributed by atoms with E-state index in [-0.39, 0.29) is 0 Å². The Morgan fingerprint density at radius 3 is 2.38 bits per heavy atom. The highest BCUT2D eigenvalue weighted by atomic mass is 15.2. The molecular weight excluding hydrogens is 196 g/mol. The molecule has 16 heavy (non-hydrogen) atoms. The fourth-order valence-electron chi connectivity index (χ4n) is 1.78. The highest BCUT2D eigenvalue weighted by molar-refractivity contribution is 5.37. The predicted molar refractivity (Wildman–Crippen MR) is 70.8 cm³/mol. The summed E-state index contributed by atoms with van der Waals surface area (Å²) in [7, 11) is 0. The second-order valence-corrected chi connectivity index (χ2v) is 4.56. The third kappa shape index (κ3) is 4.21. The molecule has 1 aliphatic rings. The Morgan fingerprint density at radius 1 is 1.25 bits per heavy atom. The van der Waals surface area contributed by atoms with Gasteiger partial charge in [0.25, 0.3) is 0 Å². The quantitative estimate of drug-likeness (QED) is 0.717. The molecule has 0 bridgehead atoms. The number of pyridine rings is 1. The van der Waals surface area contributed by atoms with Gasteiger partial charge in [-0.3, -0.25) is 0 Å². The van der Waals surface area contributed by atoms with Gasteiger partial charge in [0.15, 0.2) is 0 Å². The fourth-order valence-corrected chi connectivity index (χ4v) is 1.78. The van der Waals surface area contributed by atoms with Gasteiger partial charge < -0.3 is 4.90 Å². The molecule has 0 aromatic carbocycles. The lowest BCUT2D eigenvalue weighted by molar-refractivity contribution is 0.436. The predicted octanol–water partition coefficient (Wildman–Crippen LogP) is 3.73. The van der Waals surface area contributed by atoms with Gasteiger partial charge in [0.2, 0.25) is 0 Å². The summed E-state index contributed by atoms with van der Waals surface area (Å²) in [5.41, 5.74) is 0. The van der Waals surface area contributed by atoms with Gasteiger partial charge in [0.1, 0.15) is 5.82 Å². The van der Waals surface area contributed by atoms with Crippen LogP contribution in [0.1, 0.15) is 40.0 Å². The van der Waals surface area contributed by atoms with Crippen molar-refractivity contribution in [3.63, 3.8) is 0 Å². The van der Waals surface area contributed by atoms with Crippen molar-refractivity contribution >= 4 is 5.82 Å². The van der Waals surface area contributed by atoms with E-state index >= 15 is 0 Å². The molecule has 0 N–H and O–H groups in total. The first-order valence-corrected chi connectivity index (χ1v) is 6.43. The van der Waals surface area contributed by atoms with E-state index in [2.05, 4.69) is 42.8 Å². The number of hydrogen-bond acceptors (Lipinski definition) is 2. The molecule has 2 heteroatoms. The Hall–Kier alpha value is -1.05. The second-order valence-electron chi connectivity index (χ2n) is 4.56. The van der Waals surface area contributed by atoms with Crippen molar-refractivity contribution in [2.75, 3.05) is 18.0 Å². The monoisotopic (exact) mass is 220 g/mol. The van der Waals surface area contributed by atoms with E-state index in [1.54, 1.807) is 0 Å². The van der Waals surface area contributed by atoms with Crippen molar-refractivity contribution in [1.29, 1.82) is 0 Å². The van der Waals surface area contributed by atoms with Gasteiger partial charge in [-0.05, 0) is 30.9 Å². The zero-order chi connectivity index (χ0) is 11.8. The number of nitrogens with zero attached hydrogens (tertiary/aromatic N) is 2. The van der Waals surface area contributed by atoms with E-state index in [1.807, 2.05) is 12.3 Å². The molecule has 1 aliphatic heterocycles. The van der Waals surface area contributed by atoms with Crippen LogP contribution in [0.4, 0.5) is 5.82 Å². The SMILES string of the molecule is CC1CCN(c2ccccn2)CC1.CCC. The third-order valence-corrected chi connectivity index (χ3v) is 2.76. The zero-order valence-corrected chi connectivity index (χ0v) is 10.8. The first-order chi connectivity index (χ1) is 7.77. The van der Waals surface area contributed by atoms with Crippen LogP contribution in [0.15, 0.2) is 24.4 Å². The Bertz CT molecular complexity index is 263. The number of hydrogen-bond donors (Lipinski definition) is 0. The molecular formula is C14H24N2. The standard InChI is InChI=1S/C11H16N2.C3H8/c1-10-5-8-13(9-6-10)11-4-2-3-7-12-11;1-3-2/h2-4,7,10H,5-6,8-9H2,1H3;3H2,1-2H3. The van der Waals surface area contributed by atoms with Crippen LogP contribution in [0.3, 0.4) is 0 Å². The maximum Gasteiger partial charge on any atom is 0.128 e. The van der Waals surface area contributed by atoms with Crippen LogP contribution in [-0.4, -0.2) is 18.1 Å². The van der Waals surface area contributed by atoms with Crippen LogP contribution in [0, 0.1) is 5.92 Å². The van der Waals surface area contributed by atoms with E-state index in [0.717, 1.165) is 24.8 Å². The normalized spacial score (nSPS) is 16.6. The van der Waals surface area contributed by atoms with Gasteiger partial charge in [0.05, 0.1) is 0 Å². The van der Waals surface area contributed by atoms with E-state index in [4.69, 9.17) is 0 Å². The summed E-state index contributed by atoms with van der Waals surface area (Å²) in [6.07, 6.45) is 5.72. The lowest BCUT2D eigenvalue weighted by Gasteiger charge is -2.31. The summed E-state index contributed by atoms with van der Waals surface area (Å²) in [6, 6.07) is 6.12. The first kappa shape index (κ1) is 13.0. The Morgan fingerprint density at radius 2 is 1.88 bits per heavy atom. The maximum atomic E-state index is 4.35. The molecule has 0 saturated carbocycles. The minimum atomic E-state index is 0.889. The molecule has 2 nitrogen and oxygen atoms in total. The third-order valence-electron chi connectivity index (χ3n) is 2.76. The summed E-state index contributed by atoms with van der Waals surface area (Å²) in [4.78, 5) is 6.73. The van der Waals surface area contributed by atoms with Crippen molar-refractivity contribution in [2.45, 2.75) is 40.0 Å². The van der Waals surface area contributed by atoms with Crippen LogP contribution < -0.4 is 4.90 Å². The van der Waals surface area contributed by atoms with Crippen molar-refractivity contribution in [2.24, 2.45) is 5.92 Å². The highest BCUT2D eigenvalue weighted by Gasteiger charge is 2.15. The number of anilines is 1. The smallest absolute Gasteiger partial charge is 0.128 e. The number of rotatable bonds is 1. The average Bonchev–Trinajstić information content (AvgIpc) is 2.32. The lowest BCUT2D eigenvalue weighted by atomic mass is 9.99. The summed E-state index contributed by atoms with van der Waals surface area (Å²) in [5.74, 6) is 2.02. The van der Waals surface area contributed by atoms with E-state index in [0.29, 0.717) is 0 Å². The zero-order valence-electron chi connectivity index (χ0n) is 10.8. The average molecular weight is 220 g/mol. The van der Waals surface area contributed by atoms with Crippen molar-refractivity contribution in [3.05, 3.63) is 24.4 Å². The summed E-state index contributed by atoms with van der Waals surface area (Å²) < 4.78 is 0. The number of piperidine rings is 1. The molecule has 90 valence electrons. The molecule has 2 heterocycles. The molecule has 0 radical (unpaired) electrons. The van der Waals surface area contributed by atoms with E-state index < -0.39 is 0 Å². The molecule has 1 aromatic rings. The molecule has 0 aliphatic carbocycles. The summed E-state index contributed by atoms with van der Waals surface area (Å²) in [5, 5.41) is 0. The van der Waals surface area contributed by atoms with Crippen LogP contribution >= 0.6 is 0 Å². The van der Waals surface area contributed by atoms with Crippen LogP contribution in [0.25, 0.3) is 0 Å². The van der Waals surface area contributed by atoms with Crippen molar-refractivity contribution in [3.8, 4) is 0 Å². The summed E-state index contributed by atoms with van der Waals surface area (Å²) in [6.45, 7) is 8.91. The minimum Gasteiger partial charge on any atom is -0.357 e. The van der Waals surface area contributed by atoms with E-state index in [1.165, 1.54) is 19.3 Å². The van der Waals surface area contributed by atoms with Crippen molar-refractivity contribution in [1.82, 2.24) is 4.98 Å². The minimum absolute atomic E-state index is 0.889. The van der Waals surface area contributed by atoms with Gasteiger partial charge in [-0.25, -0.2) is 4.98 Å². The molecule has 1 aromatic heterocycles. The van der Waals surface area contributed by atoms with Gasteiger partial charge in [-0.1, -0.05) is 33.3 Å². The van der Waals surface area contributed by atoms with E-state index in [9.17, 15) is 0 Å². The summed E-state index contributed by atoms with van der Waals surface area (Å²) >= 11 is 0. The molecule has 1 saturated heterocycles. The topological polar surface area (TPSA) is 16.1 Å². The van der Waals surface area contributed by atoms with Crippen molar-refractivity contribution < 1.29 is 0 Å².